The van der Waals surface area contributed by atoms with Gasteiger partial charge in [0.1, 0.15) is 0 Å². The Kier molecular flexibility index (Phi) is 4.25. The van der Waals surface area contributed by atoms with E-state index in [0.717, 1.165) is 0 Å². The quantitative estimate of drug-likeness (QED) is 0.491. The van der Waals surface area contributed by atoms with Crippen LogP contribution in [0, 0.1) is 10.1 Å². The Balaban J connectivity index is 2.37. The average Bonchev–Trinajstić information content (AvgIpc) is 3.10. The predicted molar refractivity (Wildman–Crippen MR) is 76.2 cm³/mol. The number of nitrogens with one attached hydrogen (secondary N) is 2. The highest BCUT2D eigenvalue weighted by Gasteiger charge is 2.31. The van der Waals surface area contributed by atoms with Gasteiger partial charge in [-0.1, -0.05) is 0 Å². The molecule has 0 saturated heterocycles. The third kappa shape index (κ3) is 2.95. The van der Waals surface area contributed by atoms with Crippen LogP contribution in [0.1, 0.15) is 27.9 Å². The SMILES string of the molecule is CCn1cc(NC(=O)c2[nH]nc(OC)c2[N+](=O)[O-])c(C(N)=O)n1. The molecule has 2 aromatic heterocycles. The first-order valence-electron chi connectivity index (χ1n) is 6.34. The van der Waals surface area contributed by atoms with Gasteiger partial charge in [0.25, 0.3) is 11.8 Å². The first-order chi connectivity index (χ1) is 10.9. The molecular formula is C11H13N7O5. The summed E-state index contributed by atoms with van der Waals surface area (Å²) in [6, 6.07) is 0. The van der Waals surface area contributed by atoms with Crippen LogP contribution >= 0.6 is 0 Å². The van der Waals surface area contributed by atoms with Crippen LogP contribution in [0.5, 0.6) is 5.88 Å². The Morgan fingerprint density at radius 1 is 1.57 bits per heavy atom. The van der Waals surface area contributed by atoms with E-state index in [2.05, 4.69) is 20.6 Å². The Hall–Kier alpha value is -3.44. The standard InChI is InChI=1S/C11H13N7O5/c1-3-17-4-5(6(16-17)9(12)19)13-10(20)7-8(18(21)22)11(23-2)15-14-7/h4H,3H2,1-2H3,(H2,12,19)(H,13,20)(H,14,15). The fourth-order valence-corrected chi connectivity index (χ4v) is 1.83. The Labute approximate surface area is 128 Å². The number of amides is 2. The average molecular weight is 323 g/mol. The summed E-state index contributed by atoms with van der Waals surface area (Å²) < 4.78 is 6.10. The number of nitrogens with zero attached hydrogens (tertiary/aromatic N) is 4. The van der Waals surface area contributed by atoms with Gasteiger partial charge < -0.3 is 15.8 Å². The van der Waals surface area contributed by atoms with Gasteiger partial charge in [-0.15, -0.1) is 5.10 Å². The number of H-pyrrole nitrogens is 1. The highest BCUT2D eigenvalue weighted by Crippen LogP contribution is 2.28. The summed E-state index contributed by atoms with van der Waals surface area (Å²) in [4.78, 5) is 33.8. The largest absolute Gasteiger partial charge is 0.475 e. The van der Waals surface area contributed by atoms with Crippen molar-refractivity contribution in [2.45, 2.75) is 13.5 Å². The molecule has 0 aliphatic heterocycles. The van der Waals surface area contributed by atoms with Crippen LogP contribution in [0.4, 0.5) is 11.4 Å². The number of nitrogens with two attached hydrogens (primary N) is 1. The van der Waals surface area contributed by atoms with Gasteiger partial charge in [-0.3, -0.25) is 29.5 Å². The second kappa shape index (κ2) is 6.13. The minimum atomic E-state index is -0.884. The van der Waals surface area contributed by atoms with E-state index < -0.39 is 28.1 Å². The predicted octanol–water partition coefficient (Wildman–Crippen LogP) is -0.106. The zero-order chi connectivity index (χ0) is 17.1. The van der Waals surface area contributed by atoms with E-state index in [1.165, 1.54) is 18.0 Å². The van der Waals surface area contributed by atoms with E-state index >= 15 is 0 Å². The number of anilines is 1. The summed E-state index contributed by atoms with van der Waals surface area (Å²) in [6.07, 6.45) is 1.39. The molecule has 0 fully saturated rings. The summed E-state index contributed by atoms with van der Waals surface area (Å²) >= 11 is 0. The van der Waals surface area contributed by atoms with E-state index in [1.54, 1.807) is 6.92 Å². The van der Waals surface area contributed by atoms with Gasteiger partial charge in [-0.2, -0.15) is 5.10 Å². The van der Waals surface area contributed by atoms with Crippen molar-refractivity contribution in [3.63, 3.8) is 0 Å². The summed E-state index contributed by atoms with van der Waals surface area (Å²) in [7, 11) is 1.18. The number of aromatic nitrogens is 4. The lowest BCUT2D eigenvalue weighted by Gasteiger charge is -2.01. The molecule has 0 atom stereocenters. The highest BCUT2D eigenvalue weighted by molar-refractivity contribution is 6.09. The van der Waals surface area contributed by atoms with Crippen LogP contribution in [-0.4, -0.2) is 43.8 Å². The zero-order valence-electron chi connectivity index (χ0n) is 12.2. The van der Waals surface area contributed by atoms with E-state index in [1.807, 2.05) is 0 Å². The molecule has 0 aliphatic carbocycles. The molecule has 122 valence electrons. The minimum absolute atomic E-state index is 0.0345. The maximum absolute atomic E-state index is 12.2. The molecule has 4 N–H and O–H groups in total. The molecule has 12 nitrogen and oxygen atoms in total. The molecule has 2 amide bonds. The summed E-state index contributed by atoms with van der Waals surface area (Å²) in [5.74, 6) is -2.06. The normalized spacial score (nSPS) is 10.3. The number of aromatic amines is 1. The molecule has 0 radical (unpaired) electrons. The third-order valence-electron chi connectivity index (χ3n) is 2.88. The number of nitro groups is 1. The maximum Gasteiger partial charge on any atom is 0.362 e. The molecule has 0 spiro atoms. The second-order valence-electron chi connectivity index (χ2n) is 4.28. The minimum Gasteiger partial charge on any atom is -0.475 e. The van der Waals surface area contributed by atoms with Crippen LogP contribution in [-0.2, 0) is 6.54 Å². The molecule has 0 unspecified atom stereocenters. The van der Waals surface area contributed by atoms with E-state index in [0.29, 0.717) is 6.54 Å². The molecular weight excluding hydrogens is 310 g/mol. The van der Waals surface area contributed by atoms with Gasteiger partial charge in [0.15, 0.2) is 5.69 Å². The Bertz CT molecular complexity index is 778. The molecule has 0 bridgehead atoms. The second-order valence-corrected chi connectivity index (χ2v) is 4.28. The Morgan fingerprint density at radius 3 is 2.78 bits per heavy atom. The van der Waals surface area contributed by atoms with E-state index in [9.17, 15) is 19.7 Å². The number of carbonyl (C=O) groups is 2. The lowest BCUT2D eigenvalue weighted by atomic mass is 10.3. The van der Waals surface area contributed by atoms with Crippen molar-refractivity contribution >= 4 is 23.2 Å². The number of methoxy groups -OCH3 is 1. The van der Waals surface area contributed by atoms with Crippen LogP contribution in [0.3, 0.4) is 0 Å². The number of primary amides is 1. The van der Waals surface area contributed by atoms with Crippen molar-refractivity contribution < 1.29 is 19.2 Å². The number of hydrogen-bond acceptors (Lipinski definition) is 7. The monoisotopic (exact) mass is 323 g/mol. The van der Waals surface area contributed by atoms with Gasteiger partial charge >= 0.3 is 11.6 Å². The lowest BCUT2D eigenvalue weighted by Crippen LogP contribution is -2.18. The first-order valence-corrected chi connectivity index (χ1v) is 6.34. The molecule has 2 aromatic rings. The fraction of sp³-hybridized carbons (Fsp3) is 0.273. The van der Waals surface area contributed by atoms with Crippen LogP contribution in [0.25, 0.3) is 0 Å². The summed E-state index contributed by atoms with van der Waals surface area (Å²) in [6.45, 7) is 2.21. The molecule has 2 heterocycles. The third-order valence-corrected chi connectivity index (χ3v) is 2.88. The first kappa shape index (κ1) is 15.9. The van der Waals surface area contributed by atoms with Crippen molar-refractivity contribution in [2.75, 3.05) is 12.4 Å². The van der Waals surface area contributed by atoms with Gasteiger partial charge in [-0.05, 0) is 6.92 Å². The highest BCUT2D eigenvalue weighted by atomic mass is 16.6. The van der Waals surface area contributed by atoms with Crippen molar-refractivity contribution in [1.29, 1.82) is 0 Å². The van der Waals surface area contributed by atoms with Gasteiger partial charge in [0.2, 0.25) is 5.69 Å². The molecule has 2 rings (SSSR count). The van der Waals surface area contributed by atoms with Crippen LogP contribution in [0.15, 0.2) is 6.20 Å². The maximum atomic E-state index is 12.2. The van der Waals surface area contributed by atoms with Crippen molar-refractivity contribution in [3.8, 4) is 5.88 Å². The van der Waals surface area contributed by atoms with Crippen molar-refractivity contribution in [3.05, 3.63) is 27.7 Å². The molecule has 0 saturated carbocycles. The van der Waals surface area contributed by atoms with Crippen molar-refractivity contribution in [1.82, 2.24) is 20.0 Å². The number of aryl methyl sites for hydroxylation is 1. The zero-order valence-corrected chi connectivity index (χ0v) is 12.2. The Morgan fingerprint density at radius 2 is 2.26 bits per heavy atom. The topological polar surface area (TPSA) is 171 Å². The van der Waals surface area contributed by atoms with Gasteiger partial charge in [0.05, 0.1) is 17.7 Å². The molecule has 0 aromatic carbocycles. The smallest absolute Gasteiger partial charge is 0.362 e. The number of carbonyl (C=O) groups excluding carboxylic acids is 2. The van der Waals surface area contributed by atoms with Crippen LogP contribution in [0.2, 0.25) is 0 Å². The summed E-state index contributed by atoms with van der Waals surface area (Å²) in [5.41, 5.74) is 4.02. The van der Waals surface area contributed by atoms with Gasteiger partial charge in [-0.25, -0.2) is 0 Å². The number of ether oxygens (including phenoxy) is 1. The van der Waals surface area contributed by atoms with Crippen molar-refractivity contribution in [2.24, 2.45) is 5.73 Å². The van der Waals surface area contributed by atoms with E-state index in [4.69, 9.17) is 10.5 Å². The molecule has 23 heavy (non-hydrogen) atoms. The fourth-order valence-electron chi connectivity index (χ4n) is 1.83. The number of rotatable bonds is 6. The van der Waals surface area contributed by atoms with E-state index in [-0.39, 0.29) is 17.3 Å². The molecule has 0 aliphatic rings. The number of hydrogen-bond donors (Lipinski definition) is 3. The lowest BCUT2D eigenvalue weighted by molar-refractivity contribution is -0.386. The summed E-state index contributed by atoms with van der Waals surface area (Å²) in [5, 5.41) is 23.0. The van der Waals surface area contributed by atoms with Gasteiger partial charge in [0, 0.05) is 12.7 Å². The molecule has 12 heteroatoms. The van der Waals surface area contributed by atoms with Crippen LogP contribution < -0.4 is 15.8 Å².